The van der Waals surface area contributed by atoms with Gasteiger partial charge in [-0.3, -0.25) is 0 Å². The maximum Gasteiger partial charge on any atom is 0.135 e. The summed E-state index contributed by atoms with van der Waals surface area (Å²) in [6, 6.07) is 9.52. The topological polar surface area (TPSA) is 32.3 Å². The number of anilines is 1. The maximum absolute atomic E-state index is 4.76. The Morgan fingerprint density at radius 1 is 1.08 bits per heavy atom. The smallest absolute Gasteiger partial charge is 0.135 e. The highest BCUT2D eigenvalue weighted by atomic mass is 15.2. The SMILES string of the molecule is Cc1nc(C)c(C)c(N2CCCC2c2ccc(CN(C)C)cc2)n1. The lowest BCUT2D eigenvalue weighted by Gasteiger charge is -2.28. The Hall–Kier alpha value is -1.94. The molecule has 1 saturated heterocycles. The minimum Gasteiger partial charge on any atom is -0.349 e. The molecular weight excluding hydrogens is 296 g/mol. The molecule has 0 spiro atoms. The summed E-state index contributed by atoms with van der Waals surface area (Å²) in [5.74, 6) is 1.97. The fourth-order valence-electron chi connectivity index (χ4n) is 3.61. The lowest BCUT2D eigenvalue weighted by atomic mass is 10.0. The van der Waals surface area contributed by atoms with E-state index in [1.165, 1.54) is 29.5 Å². The maximum atomic E-state index is 4.76. The van der Waals surface area contributed by atoms with Crippen LogP contribution in [0.4, 0.5) is 5.82 Å². The lowest BCUT2D eigenvalue weighted by molar-refractivity contribution is 0.402. The van der Waals surface area contributed by atoms with E-state index in [9.17, 15) is 0 Å². The minimum absolute atomic E-state index is 0.422. The van der Waals surface area contributed by atoms with E-state index in [4.69, 9.17) is 4.98 Å². The van der Waals surface area contributed by atoms with Gasteiger partial charge in [-0.25, -0.2) is 9.97 Å². The summed E-state index contributed by atoms with van der Waals surface area (Å²) < 4.78 is 0. The average molecular weight is 324 g/mol. The van der Waals surface area contributed by atoms with Gasteiger partial charge in [0, 0.05) is 24.3 Å². The van der Waals surface area contributed by atoms with Crippen LogP contribution in [0, 0.1) is 20.8 Å². The summed E-state index contributed by atoms with van der Waals surface area (Å²) in [5, 5.41) is 0. The van der Waals surface area contributed by atoms with Gasteiger partial charge in [0.25, 0.3) is 0 Å². The van der Waals surface area contributed by atoms with Crippen LogP contribution in [0.15, 0.2) is 24.3 Å². The third kappa shape index (κ3) is 3.44. The molecule has 1 fully saturated rings. The molecule has 0 bridgehead atoms. The number of aryl methyl sites for hydroxylation is 2. The molecule has 4 heteroatoms. The zero-order valence-electron chi connectivity index (χ0n) is 15.5. The van der Waals surface area contributed by atoms with E-state index in [0.29, 0.717) is 6.04 Å². The Morgan fingerprint density at radius 2 is 1.79 bits per heavy atom. The van der Waals surface area contributed by atoms with Crippen molar-refractivity contribution in [1.29, 1.82) is 0 Å². The molecule has 4 nitrogen and oxygen atoms in total. The standard InChI is InChI=1S/C20H28N4/c1-14-15(2)21-16(3)22-20(14)24-12-6-7-19(24)18-10-8-17(9-11-18)13-23(4)5/h8-11,19H,6-7,12-13H2,1-5H3. The van der Waals surface area contributed by atoms with E-state index in [1.54, 1.807) is 0 Å². The largest absolute Gasteiger partial charge is 0.349 e. The van der Waals surface area contributed by atoms with Gasteiger partial charge in [0.2, 0.25) is 0 Å². The van der Waals surface area contributed by atoms with Crippen LogP contribution < -0.4 is 4.90 Å². The van der Waals surface area contributed by atoms with Crippen molar-refractivity contribution in [2.24, 2.45) is 0 Å². The zero-order valence-corrected chi connectivity index (χ0v) is 15.5. The Kier molecular flexibility index (Phi) is 4.86. The number of nitrogens with zero attached hydrogens (tertiary/aromatic N) is 4. The molecule has 2 heterocycles. The molecule has 1 aliphatic rings. The molecule has 0 radical (unpaired) electrons. The lowest BCUT2D eigenvalue weighted by Crippen LogP contribution is -2.25. The summed E-state index contributed by atoms with van der Waals surface area (Å²) in [6.45, 7) is 8.25. The van der Waals surface area contributed by atoms with Crippen LogP contribution in [0.5, 0.6) is 0 Å². The minimum atomic E-state index is 0.422. The first-order valence-corrected chi connectivity index (χ1v) is 8.77. The highest BCUT2D eigenvalue weighted by Crippen LogP contribution is 2.37. The first-order chi connectivity index (χ1) is 11.5. The highest BCUT2D eigenvalue weighted by Gasteiger charge is 2.28. The van der Waals surface area contributed by atoms with Crippen molar-refractivity contribution in [3.8, 4) is 0 Å². The molecule has 24 heavy (non-hydrogen) atoms. The summed E-state index contributed by atoms with van der Waals surface area (Å²) in [5.41, 5.74) is 5.04. The van der Waals surface area contributed by atoms with Crippen molar-refractivity contribution in [2.75, 3.05) is 25.5 Å². The van der Waals surface area contributed by atoms with Crippen LogP contribution in [-0.2, 0) is 6.54 Å². The van der Waals surface area contributed by atoms with E-state index >= 15 is 0 Å². The van der Waals surface area contributed by atoms with Crippen LogP contribution in [0.2, 0.25) is 0 Å². The van der Waals surface area contributed by atoms with Gasteiger partial charge in [-0.15, -0.1) is 0 Å². The van der Waals surface area contributed by atoms with Crippen molar-refractivity contribution in [3.63, 3.8) is 0 Å². The van der Waals surface area contributed by atoms with E-state index < -0.39 is 0 Å². The Labute approximate surface area is 145 Å². The van der Waals surface area contributed by atoms with E-state index in [0.717, 1.165) is 30.4 Å². The molecule has 3 rings (SSSR count). The predicted octanol–water partition coefficient (Wildman–Crippen LogP) is 3.80. The van der Waals surface area contributed by atoms with Gasteiger partial charge in [-0.1, -0.05) is 24.3 Å². The first-order valence-electron chi connectivity index (χ1n) is 8.77. The van der Waals surface area contributed by atoms with Crippen LogP contribution in [0.3, 0.4) is 0 Å². The Bertz CT molecular complexity index is 706. The molecule has 0 amide bonds. The van der Waals surface area contributed by atoms with E-state index in [2.05, 4.69) is 67.0 Å². The van der Waals surface area contributed by atoms with Gasteiger partial charge in [-0.2, -0.15) is 0 Å². The second-order valence-corrected chi connectivity index (χ2v) is 7.14. The molecule has 1 unspecified atom stereocenters. The molecule has 128 valence electrons. The van der Waals surface area contributed by atoms with Gasteiger partial charge >= 0.3 is 0 Å². The monoisotopic (exact) mass is 324 g/mol. The normalized spacial score (nSPS) is 17.8. The molecule has 1 aromatic carbocycles. The second-order valence-electron chi connectivity index (χ2n) is 7.14. The molecule has 0 aliphatic carbocycles. The number of aromatic nitrogens is 2. The van der Waals surface area contributed by atoms with Crippen molar-refractivity contribution in [1.82, 2.24) is 14.9 Å². The van der Waals surface area contributed by atoms with Gasteiger partial charge in [-0.05, 0) is 58.8 Å². The molecule has 0 N–H and O–H groups in total. The summed E-state index contributed by atoms with van der Waals surface area (Å²) in [6.07, 6.45) is 2.40. The molecule has 0 saturated carbocycles. The third-order valence-electron chi connectivity index (χ3n) is 4.86. The number of benzene rings is 1. The fourth-order valence-corrected chi connectivity index (χ4v) is 3.61. The van der Waals surface area contributed by atoms with Gasteiger partial charge in [0.15, 0.2) is 0 Å². The highest BCUT2D eigenvalue weighted by molar-refractivity contribution is 5.51. The summed E-state index contributed by atoms with van der Waals surface area (Å²) in [4.78, 5) is 13.9. The number of hydrogen-bond donors (Lipinski definition) is 0. The van der Waals surface area contributed by atoms with Crippen LogP contribution >= 0.6 is 0 Å². The van der Waals surface area contributed by atoms with E-state index in [-0.39, 0.29) is 0 Å². The predicted molar refractivity (Wildman–Crippen MR) is 99.4 cm³/mol. The van der Waals surface area contributed by atoms with E-state index in [1.807, 2.05) is 6.92 Å². The molecule has 1 aliphatic heterocycles. The van der Waals surface area contributed by atoms with Gasteiger partial charge in [0.05, 0.1) is 6.04 Å². The summed E-state index contributed by atoms with van der Waals surface area (Å²) >= 11 is 0. The molecule has 2 aromatic rings. The van der Waals surface area contributed by atoms with Gasteiger partial charge < -0.3 is 9.80 Å². The van der Waals surface area contributed by atoms with Crippen LogP contribution in [0.25, 0.3) is 0 Å². The Morgan fingerprint density at radius 3 is 2.46 bits per heavy atom. The van der Waals surface area contributed by atoms with Crippen LogP contribution in [-0.4, -0.2) is 35.5 Å². The van der Waals surface area contributed by atoms with Crippen molar-refractivity contribution in [2.45, 2.75) is 46.2 Å². The average Bonchev–Trinajstić information content (AvgIpc) is 3.00. The summed E-state index contributed by atoms with van der Waals surface area (Å²) in [7, 11) is 4.21. The van der Waals surface area contributed by atoms with Crippen molar-refractivity contribution in [3.05, 3.63) is 52.5 Å². The second kappa shape index (κ2) is 6.89. The number of rotatable bonds is 4. The first kappa shape index (κ1) is 16.9. The Balaban J connectivity index is 1.88. The molecular formula is C20H28N4. The molecule has 1 aromatic heterocycles. The van der Waals surface area contributed by atoms with Crippen LogP contribution in [0.1, 0.15) is 47.1 Å². The van der Waals surface area contributed by atoms with Gasteiger partial charge in [0.1, 0.15) is 11.6 Å². The molecule has 1 atom stereocenters. The fraction of sp³-hybridized carbons (Fsp3) is 0.500. The zero-order chi connectivity index (χ0) is 17.3. The quantitative estimate of drug-likeness (QED) is 0.856. The van der Waals surface area contributed by atoms with Crippen molar-refractivity contribution >= 4 is 5.82 Å². The third-order valence-corrected chi connectivity index (χ3v) is 4.86. The number of hydrogen-bond acceptors (Lipinski definition) is 4. The van der Waals surface area contributed by atoms with Crippen molar-refractivity contribution < 1.29 is 0 Å².